The summed E-state index contributed by atoms with van der Waals surface area (Å²) in [6.07, 6.45) is 1.66. The van der Waals surface area contributed by atoms with Crippen LogP contribution in [0.3, 0.4) is 0 Å². The van der Waals surface area contributed by atoms with Gasteiger partial charge in [-0.05, 0) is 37.5 Å². The topological polar surface area (TPSA) is 153 Å². The Labute approximate surface area is 178 Å². The third-order valence-corrected chi connectivity index (χ3v) is 7.01. The molecule has 0 aromatic heterocycles. The Morgan fingerprint density at radius 1 is 1.06 bits per heavy atom. The van der Waals surface area contributed by atoms with Crippen molar-refractivity contribution in [2.75, 3.05) is 13.1 Å². The van der Waals surface area contributed by atoms with Crippen LogP contribution >= 0.6 is 0 Å². The summed E-state index contributed by atoms with van der Waals surface area (Å²) in [4.78, 5) is 33.3. The number of hydrogen-bond acceptors (Lipinski definition) is 7. The van der Waals surface area contributed by atoms with Gasteiger partial charge in [-0.3, -0.25) is 25.0 Å². The van der Waals surface area contributed by atoms with E-state index in [1.807, 2.05) is 0 Å². The monoisotopic (exact) mass is 448 g/mol. The van der Waals surface area contributed by atoms with E-state index in [1.165, 1.54) is 23.4 Å². The fourth-order valence-electron chi connectivity index (χ4n) is 3.35. The summed E-state index contributed by atoms with van der Waals surface area (Å²) in [6, 6.07) is 7.84. The normalized spacial score (nSPS) is 14.4. The van der Waals surface area contributed by atoms with Gasteiger partial charge < -0.3 is 5.32 Å². The molecule has 3 rings (SSSR count). The van der Waals surface area contributed by atoms with Gasteiger partial charge in [0, 0.05) is 31.3 Å². The highest BCUT2D eigenvalue weighted by atomic mass is 32.2. The summed E-state index contributed by atoms with van der Waals surface area (Å²) in [7, 11) is -3.54. The van der Waals surface area contributed by atoms with Gasteiger partial charge in [-0.1, -0.05) is 12.1 Å². The standard InChI is InChI=1S/C19H20N4O7S/c1-13-17(10-15(22(25)26)11-18(13)23(27)28)19(24)20-12-14-4-6-16(7-5-14)31(29,30)21-8-2-3-9-21/h4-7,10-11H,2-3,8-9,12H2,1H3,(H,20,24). The maximum absolute atomic E-state index is 12.6. The number of nitro groups is 2. The van der Waals surface area contributed by atoms with Crippen LogP contribution in [0.15, 0.2) is 41.3 Å². The Balaban J connectivity index is 1.75. The lowest BCUT2D eigenvalue weighted by atomic mass is 10.0. The number of hydrogen-bond donors (Lipinski definition) is 1. The van der Waals surface area contributed by atoms with Crippen molar-refractivity contribution >= 4 is 27.3 Å². The zero-order valence-corrected chi connectivity index (χ0v) is 17.4. The summed E-state index contributed by atoms with van der Waals surface area (Å²) in [5, 5.41) is 24.8. The van der Waals surface area contributed by atoms with Crippen LogP contribution in [0.5, 0.6) is 0 Å². The molecule has 0 atom stereocenters. The number of rotatable bonds is 7. The molecule has 1 aliphatic heterocycles. The predicted octanol–water partition coefficient (Wildman–Crippen LogP) is 2.53. The molecular weight excluding hydrogens is 428 g/mol. The first-order valence-electron chi connectivity index (χ1n) is 9.42. The van der Waals surface area contributed by atoms with E-state index in [2.05, 4.69) is 5.32 Å². The lowest BCUT2D eigenvalue weighted by molar-refractivity contribution is -0.394. The predicted molar refractivity (Wildman–Crippen MR) is 110 cm³/mol. The van der Waals surface area contributed by atoms with E-state index in [1.54, 1.807) is 12.1 Å². The van der Waals surface area contributed by atoms with Gasteiger partial charge in [-0.25, -0.2) is 8.42 Å². The molecule has 164 valence electrons. The molecule has 0 saturated carbocycles. The molecule has 31 heavy (non-hydrogen) atoms. The molecule has 1 fully saturated rings. The Morgan fingerprint density at radius 3 is 2.23 bits per heavy atom. The van der Waals surface area contributed by atoms with Gasteiger partial charge in [0.2, 0.25) is 10.0 Å². The second-order valence-corrected chi connectivity index (χ2v) is 9.03. The van der Waals surface area contributed by atoms with E-state index in [-0.39, 0.29) is 22.6 Å². The minimum Gasteiger partial charge on any atom is -0.348 e. The quantitative estimate of drug-likeness (QED) is 0.504. The molecule has 11 nitrogen and oxygen atoms in total. The zero-order chi connectivity index (χ0) is 22.8. The first kappa shape index (κ1) is 22.3. The molecule has 1 saturated heterocycles. The van der Waals surface area contributed by atoms with Crippen molar-refractivity contribution in [1.82, 2.24) is 9.62 Å². The number of carbonyl (C=O) groups excluding carboxylic acids is 1. The molecular formula is C19H20N4O7S. The van der Waals surface area contributed by atoms with Gasteiger partial charge in [-0.15, -0.1) is 0 Å². The van der Waals surface area contributed by atoms with Gasteiger partial charge in [0.1, 0.15) is 0 Å². The summed E-state index contributed by atoms with van der Waals surface area (Å²) in [5.74, 6) is -0.710. The van der Waals surface area contributed by atoms with Crippen LogP contribution in [0.2, 0.25) is 0 Å². The molecule has 1 N–H and O–H groups in total. The average molecular weight is 448 g/mol. The number of sulfonamides is 1. The van der Waals surface area contributed by atoms with Crippen LogP contribution in [0.1, 0.15) is 34.3 Å². The van der Waals surface area contributed by atoms with Crippen molar-refractivity contribution < 1.29 is 23.1 Å². The third-order valence-electron chi connectivity index (χ3n) is 5.10. The molecule has 0 spiro atoms. The maximum Gasteiger partial charge on any atom is 0.279 e. The number of nitrogens with one attached hydrogen (secondary N) is 1. The van der Waals surface area contributed by atoms with Crippen molar-refractivity contribution in [3.05, 3.63) is 73.3 Å². The van der Waals surface area contributed by atoms with Crippen molar-refractivity contribution in [2.24, 2.45) is 0 Å². The summed E-state index contributed by atoms with van der Waals surface area (Å²) in [6.45, 7) is 2.34. The van der Waals surface area contributed by atoms with Gasteiger partial charge in [0.05, 0.1) is 26.4 Å². The van der Waals surface area contributed by atoms with Gasteiger partial charge in [0.15, 0.2) is 0 Å². The SMILES string of the molecule is Cc1c(C(=O)NCc2ccc(S(=O)(=O)N3CCCC3)cc2)cc([N+](=O)[O-])cc1[N+](=O)[O-]. The fraction of sp³-hybridized carbons (Fsp3) is 0.316. The molecule has 2 aromatic rings. The summed E-state index contributed by atoms with van der Waals surface area (Å²) >= 11 is 0. The van der Waals surface area contributed by atoms with E-state index in [4.69, 9.17) is 0 Å². The van der Waals surface area contributed by atoms with E-state index in [0.717, 1.165) is 25.0 Å². The lowest BCUT2D eigenvalue weighted by Gasteiger charge is -2.15. The number of carbonyl (C=O) groups is 1. The highest BCUT2D eigenvalue weighted by molar-refractivity contribution is 7.89. The Kier molecular flexibility index (Phi) is 6.32. The minimum atomic E-state index is -3.54. The Morgan fingerprint density at radius 2 is 1.68 bits per heavy atom. The number of benzene rings is 2. The molecule has 1 amide bonds. The van der Waals surface area contributed by atoms with Crippen molar-refractivity contribution in [3.63, 3.8) is 0 Å². The fourth-order valence-corrected chi connectivity index (χ4v) is 4.87. The highest BCUT2D eigenvalue weighted by Gasteiger charge is 2.27. The number of non-ortho nitro benzene ring substituents is 1. The smallest absolute Gasteiger partial charge is 0.279 e. The lowest BCUT2D eigenvalue weighted by Crippen LogP contribution is -2.28. The largest absolute Gasteiger partial charge is 0.348 e. The van der Waals surface area contributed by atoms with Gasteiger partial charge in [0.25, 0.3) is 17.3 Å². The first-order valence-corrected chi connectivity index (χ1v) is 10.9. The van der Waals surface area contributed by atoms with Crippen molar-refractivity contribution in [1.29, 1.82) is 0 Å². The van der Waals surface area contributed by atoms with E-state index < -0.39 is 37.2 Å². The molecule has 1 heterocycles. The molecule has 0 bridgehead atoms. The van der Waals surface area contributed by atoms with Crippen LogP contribution in [-0.2, 0) is 16.6 Å². The molecule has 12 heteroatoms. The maximum atomic E-state index is 12.6. The summed E-state index contributed by atoms with van der Waals surface area (Å²) < 4.78 is 26.5. The van der Waals surface area contributed by atoms with Crippen molar-refractivity contribution in [2.45, 2.75) is 31.2 Å². The molecule has 0 radical (unpaired) electrons. The van der Waals surface area contributed by atoms with Crippen molar-refractivity contribution in [3.8, 4) is 0 Å². The minimum absolute atomic E-state index is 0.0127. The molecule has 0 unspecified atom stereocenters. The van der Waals surface area contributed by atoms with Gasteiger partial charge in [-0.2, -0.15) is 4.31 Å². The van der Waals surface area contributed by atoms with Gasteiger partial charge >= 0.3 is 0 Å². The second kappa shape index (κ2) is 8.78. The first-order chi connectivity index (χ1) is 14.6. The Hall–Kier alpha value is -3.38. The number of nitrogens with zero attached hydrogens (tertiary/aromatic N) is 3. The van der Waals surface area contributed by atoms with Crippen LogP contribution in [0.4, 0.5) is 11.4 Å². The third kappa shape index (κ3) is 4.70. The van der Waals surface area contributed by atoms with E-state index in [9.17, 15) is 33.4 Å². The summed E-state index contributed by atoms with van der Waals surface area (Å²) in [5.41, 5.74) is -0.629. The highest BCUT2D eigenvalue weighted by Crippen LogP contribution is 2.28. The van der Waals surface area contributed by atoms with Crippen LogP contribution < -0.4 is 5.32 Å². The molecule has 2 aromatic carbocycles. The van der Waals surface area contributed by atoms with E-state index in [0.29, 0.717) is 18.7 Å². The number of nitro benzene ring substituents is 2. The average Bonchev–Trinajstić information content (AvgIpc) is 3.28. The number of amides is 1. The second-order valence-electron chi connectivity index (χ2n) is 7.09. The molecule has 0 aliphatic carbocycles. The van der Waals surface area contributed by atoms with Crippen LogP contribution in [0.25, 0.3) is 0 Å². The Bertz CT molecular complexity index is 1140. The van der Waals surface area contributed by atoms with Crippen LogP contribution in [0, 0.1) is 27.2 Å². The molecule has 1 aliphatic rings. The zero-order valence-electron chi connectivity index (χ0n) is 16.6. The van der Waals surface area contributed by atoms with E-state index >= 15 is 0 Å². The van der Waals surface area contributed by atoms with Crippen LogP contribution in [-0.4, -0.2) is 41.6 Å².